The van der Waals surface area contributed by atoms with E-state index in [2.05, 4.69) is 15.8 Å². The van der Waals surface area contributed by atoms with E-state index in [1.54, 1.807) is 18.2 Å². The standard InChI is InChI=1S/C19H15Cl2N3O/c20-16-8-4-9-17(21)15(16)11-23-24-19(25)12-22-18-10-3-6-13-5-1-2-7-14(13)18/h1-11,22H,12H2,(H,24,25)/b23-11+. The first-order chi connectivity index (χ1) is 12.1. The Morgan fingerprint density at radius 3 is 2.44 bits per heavy atom. The Morgan fingerprint density at radius 2 is 1.64 bits per heavy atom. The van der Waals surface area contributed by atoms with Gasteiger partial charge < -0.3 is 5.32 Å². The van der Waals surface area contributed by atoms with Crippen LogP contribution in [0.3, 0.4) is 0 Å². The van der Waals surface area contributed by atoms with E-state index in [9.17, 15) is 4.79 Å². The first-order valence-electron chi connectivity index (χ1n) is 7.63. The summed E-state index contributed by atoms with van der Waals surface area (Å²) in [5, 5.41) is 10.1. The number of fused-ring (bicyclic) bond motifs is 1. The minimum absolute atomic E-state index is 0.0988. The maximum absolute atomic E-state index is 12.0. The third-order valence-electron chi connectivity index (χ3n) is 3.61. The second kappa shape index (κ2) is 8.01. The number of hydrogen-bond acceptors (Lipinski definition) is 3. The average Bonchev–Trinajstić information content (AvgIpc) is 2.62. The molecule has 0 aromatic heterocycles. The number of carbonyl (C=O) groups excluding carboxylic acids is 1. The molecule has 25 heavy (non-hydrogen) atoms. The van der Waals surface area contributed by atoms with Gasteiger partial charge in [-0.05, 0) is 23.6 Å². The van der Waals surface area contributed by atoms with Crippen LogP contribution in [-0.2, 0) is 4.79 Å². The van der Waals surface area contributed by atoms with Crippen molar-refractivity contribution in [2.45, 2.75) is 0 Å². The highest BCUT2D eigenvalue weighted by atomic mass is 35.5. The minimum atomic E-state index is -0.271. The molecule has 0 spiro atoms. The number of benzene rings is 3. The first-order valence-corrected chi connectivity index (χ1v) is 8.38. The summed E-state index contributed by atoms with van der Waals surface area (Å²) in [6.07, 6.45) is 1.43. The van der Waals surface area contributed by atoms with Gasteiger partial charge in [-0.3, -0.25) is 4.79 Å². The van der Waals surface area contributed by atoms with Crippen LogP contribution < -0.4 is 10.7 Å². The molecule has 2 N–H and O–H groups in total. The Kier molecular flexibility index (Phi) is 5.53. The minimum Gasteiger partial charge on any atom is -0.376 e. The van der Waals surface area contributed by atoms with Gasteiger partial charge in [0.1, 0.15) is 0 Å². The van der Waals surface area contributed by atoms with E-state index in [0.29, 0.717) is 15.6 Å². The van der Waals surface area contributed by atoms with Crippen molar-refractivity contribution in [2.24, 2.45) is 5.10 Å². The van der Waals surface area contributed by atoms with Crippen LogP contribution >= 0.6 is 23.2 Å². The number of amides is 1. The van der Waals surface area contributed by atoms with Crippen LogP contribution in [0.1, 0.15) is 5.56 Å². The van der Waals surface area contributed by atoms with Gasteiger partial charge in [-0.1, -0.05) is 65.7 Å². The fourth-order valence-electron chi connectivity index (χ4n) is 2.40. The first kappa shape index (κ1) is 17.3. The lowest BCUT2D eigenvalue weighted by atomic mass is 10.1. The third kappa shape index (κ3) is 4.29. The Morgan fingerprint density at radius 1 is 0.960 bits per heavy atom. The van der Waals surface area contributed by atoms with E-state index in [1.807, 2.05) is 42.5 Å². The average molecular weight is 372 g/mol. The van der Waals surface area contributed by atoms with Crippen LogP contribution in [0.15, 0.2) is 65.8 Å². The highest BCUT2D eigenvalue weighted by Gasteiger charge is 2.04. The second-order valence-electron chi connectivity index (χ2n) is 5.31. The number of nitrogens with one attached hydrogen (secondary N) is 2. The summed E-state index contributed by atoms with van der Waals surface area (Å²) in [6.45, 7) is 0.0988. The lowest BCUT2D eigenvalue weighted by Crippen LogP contribution is -2.26. The molecule has 0 aliphatic heterocycles. The van der Waals surface area contributed by atoms with Crippen molar-refractivity contribution >= 4 is 51.8 Å². The van der Waals surface area contributed by atoms with Crippen molar-refractivity contribution < 1.29 is 4.79 Å². The van der Waals surface area contributed by atoms with Crippen LogP contribution in [-0.4, -0.2) is 18.7 Å². The van der Waals surface area contributed by atoms with Crippen LogP contribution in [0.2, 0.25) is 10.0 Å². The van der Waals surface area contributed by atoms with E-state index in [0.717, 1.165) is 16.5 Å². The van der Waals surface area contributed by atoms with Gasteiger partial charge in [0.2, 0.25) is 0 Å². The fraction of sp³-hybridized carbons (Fsp3) is 0.0526. The maximum Gasteiger partial charge on any atom is 0.259 e. The van der Waals surface area contributed by atoms with Crippen molar-refractivity contribution in [2.75, 3.05) is 11.9 Å². The Bertz CT molecular complexity index is 915. The zero-order valence-electron chi connectivity index (χ0n) is 13.2. The quantitative estimate of drug-likeness (QED) is 0.504. The summed E-state index contributed by atoms with van der Waals surface area (Å²) < 4.78 is 0. The number of halogens is 2. The predicted octanol–water partition coefficient (Wildman–Crippen LogP) is 4.71. The highest BCUT2D eigenvalue weighted by Crippen LogP contribution is 2.23. The Hall–Kier alpha value is -2.56. The second-order valence-corrected chi connectivity index (χ2v) is 6.12. The summed E-state index contributed by atoms with van der Waals surface area (Å²) in [7, 11) is 0. The van der Waals surface area contributed by atoms with Gasteiger partial charge in [-0.2, -0.15) is 5.10 Å². The molecule has 0 bridgehead atoms. The predicted molar refractivity (Wildman–Crippen MR) is 105 cm³/mol. The number of hydrazone groups is 1. The molecule has 0 atom stereocenters. The van der Waals surface area contributed by atoms with E-state index in [1.165, 1.54) is 6.21 Å². The monoisotopic (exact) mass is 371 g/mol. The SMILES string of the molecule is O=C(CNc1cccc2ccccc12)N/N=C/c1c(Cl)cccc1Cl. The zero-order chi connectivity index (χ0) is 17.6. The molecule has 3 rings (SSSR count). The molecule has 4 nitrogen and oxygen atoms in total. The fourth-order valence-corrected chi connectivity index (χ4v) is 2.89. The zero-order valence-corrected chi connectivity index (χ0v) is 14.7. The molecule has 126 valence electrons. The lowest BCUT2D eigenvalue weighted by Gasteiger charge is -2.08. The van der Waals surface area contributed by atoms with Gasteiger partial charge in [-0.15, -0.1) is 0 Å². The van der Waals surface area contributed by atoms with Crippen LogP contribution in [0.4, 0.5) is 5.69 Å². The number of nitrogens with zero attached hydrogens (tertiary/aromatic N) is 1. The highest BCUT2D eigenvalue weighted by molar-refractivity contribution is 6.38. The molecule has 0 unspecified atom stereocenters. The van der Waals surface area contributed by atoms with Crippen LogP contribution in [0.25, 0.3) is 10.8 Å². The number of hydrogen-bond donors (Lipinski definition) is 2. The topological polar surface area (TPSA) is 53.5 Å². The van der Waals surface area contributed by atoms with Gasteiger partial charge >= 0.3 is 0 Å². The normalized spacial score (nSPS) is 11.0. The molecule has 0 radical (unpaired) electrons. The van der Waals surface area contributed by atoms with Crippen molar-refractivity contribution in [3.63, 3.8) is 0 Å². The Labute approximate surface area is 155 Å². The molecular formula is C19H15Cl2N3O. The third-order valence-corrected chi connectivity index (χ3v) is 4.27. The molecule has 0 saturated heterocycles. The molecule has 1 amide bonds. The smallest absolute Gasteiger partial charge is 0.259 e. The van der Waals surface area contributed by atoms with Crippen LogP contribution in [0.5, 0.6) is 0 Å². The van der Waals surface area contributed by atoms with E-state index in [4.69, 9.17) is 23.2 Å². The van der Waals surface area contributed by atoms with Crippen molar-refractivity contribution in [3.8, 4) is 0 Å². The summed E-state index contributed by atoms with van der Waals surface area (Å²) in [4.78, 5) is 12.0. The van der Waals surface area contributed by atoms with Crippen molar-refractivity contribution in [1.29, 1.82) is 0 Å². The molecule has 6 heteroatoms. The van der Waals surface area contributed by atoms with Crippen molar-refractivity contribution in [3.05, 3.63) is 76.3 Å². The van der Waals surface area contributed by atoms with Gasteiger partial charge in [0.25, 0.3) is 5.91 Å². The van der Waals surface area contributed by atoms with Gasteiger partial charge in [0.15, 0.2) is 0 Å². The lowest BCUT2D eigenvalue weighted by molar-refractivity contribution is -0.119. The molecule has 0 heterocycles. The molecule has 3 aromatic rings. The van der Waals surface area contributed by atoms with E-state index in [-0.39, 0.29) is 12.5 Å². The molecule has 0 aliphatic rings. The molecule has 3 aromatic carbocycles. The molecule has 0 aliphatic carbocycles. The summed E-state index contributed by atoms with van der Waals surface area (Å²) in [5.74, 6) is -0.271. The largest absolute Gasteiger partial charge is 0.376 e. The summed E-state index contributed by atoms with van der Waals surface area (Å²) >= 11 is 12.1. The number of rotatable bonds is 5. The summed E-state index contributed by atoms with van der Waals surface area (Å²) in [5.41, 5.74) is 3.91. The van der Waals surface area contributed by atoms with Gasteiger partial charge in [0, 0.05) is 16.6 Å². The Balaban J connectivity index is 1.61. The van der Waals surface area contributed by atoms with Gasteiger partial charge in [-0.25, -0.2) is 5.43 Å². The van der Waals surface area contributed by atoms with Gasteiger partial charge in [0.05, 0.1) is 22.8 Å². The molecule has 0 fully saturated rings. The number of anilines is 1. The molecular weight excluding hydrogens is 357 g/mol. The summed E-state index contributed by atoms with van der Waals surface area (Å²) in [6, 6.07) is 19.0. The number of carbonyl (C=O) groups is 1. The van der Waals surface area contributed by atoms with Crippen LogP contribution in [0, 0.1) is 0 Å². The van der Waals surface area contributed by atoms with E-state index >= 15 is 0 Å². The maximum atomic E-state index is 12.0. The molecule has 0 saturated carbocycles. The van der Waals surface area contributed by atoms with Crippen molar-refractivity contribution in [1.82, 2.24) is 5.43 Å². The van der Waals surface area contributed by atoms with E-state index < -0.39 is 0 Å².